The van der Waals surface area contributed by atoms with Crippen molar-refractivity contribution >= 4 is 11.9 Å². The molecule has 1 atom stereocenters. The van der Waals surface area contributed by atoms with E-state index in [4.69, 9.17) is 5.73 Å². The van der Waals surface area contributed by atoms with Gasteiger partial charge in [-0.3, -0.25) is 4.79 Å². The fourth-order valence-corrected chi connectivity index (χ4v) is 1.92. The molecule has 6 heteroatoms. The lowest BCUT2D eigenvalue weighted by Crippen LogP contribution is -2.53. The Morgan fingerprint density at radius 3 is 2.22 bits per heavy atom. The van der Waals surface area contributed by atoms with Crippen molar-refractivity contribution in [2.75, 3.05) is 32.7 Å². The number of nitrogens with two attached hydrogens (primary N) is 1. The predicted octanol–water partition coefficient (Wildman–Crippen LogP) is -0.0125. The van der Waals surface area contributed by atoms with Crippen molar-refractivity contribution in [2.45, 2.75) is 32.7 Å². The number of rotatable bonds is 4. The molecule has 18 heavy (non-hydrogen) atoms. The standard InChI is InChI=1S/C12H24N4O2/c1-3-10(13)9-11(17)15-5-7-16(8-6-15)12(18)14-4-2/h10H,3-9,13H2,1-2H3,(H,14,18). The first-order valence-corrected chi connectivity index (χ1v) is 6.64. The molecule has 0 aromatic heterocycles. The highest BCUT2D eigenvalue weighted by Gasteiger charge is 2.24. The molecule has 1 aliphatic heterocycles. The highest BCUT2D eigenvalue weighted by atomic mass is 16.2. The molecule has 0 aromatic carbocycles. The third kappa shape index (κ3) is 4.18. The number of urea groups is 1. The second kappa shape index (κ2) is 7.20. The zero-order valence-corrected chi connectivity index (χ0v) is 11.3. The Morgan fingerprint density at radius 1 is 1.17 bits per heavy atom. The summed E-state index contributed by atoms with van der Waals surface area (Å²) in [5.41, 5.74) is 5.77. The first-order valence-electron chi connectivity index (χ1n) is 6.64. The Kier molecular flexibility index (Phi) is 5.91. The van der Waals surface area contributed by atoms with Gasteiger partial charge < -0.3 is 20.9 Å². The highest BCUT2D eigenvalue weighted by molar-refractivity contribution is 5.78. The van der Waals surface area contributed by atoms with Gasteiger partial charge in [0.1, 0.15) is 0 Å². The van der Waals surface area contributed by atoms with Crippen LogP contribution in [0.1, 0.15) is 26.7 Å². The predicted molar refractivity (Wildman–Crippen MR) is 70.1 cm³/mol. The average molecular weight is 256 g/mol. The Balaban J connectivity index is 2.34. The van der Waals surface area contributed by atoms with Gasteiger partial charge >= 0.3 is 6.03 Å². The van der Waals surface area contributed by atoms with E-state index in [0.29, 0.717) is 39.1 Å². The van der Waals surface area contributed by atoms with Gasteiger partial charge in [-0.05, 0) is 13.3 Å². The normalized spacial score (nSPS) is 17.5. The minimum atomic E-state index is -0.0566. The zero-order valence-electron chi connectivity index (χ0n) is 11.3. The van der Waals surface area contributed by atoms with E-state index in [1.165, 1.54) is 0 Å². The summed E-state index contributed by atoms with van der Waals surface area (Å²) in [6.45, 7) is 6.90. The van der Waals surface area contributed by atoms with Crippen LogP contribution in [0.15, 0.2) is 0 Å². The summed E-state index contributed by atoms with van der Waals surface area (Å²) in [5, 5.41) is 2.76. The summed E-state index contributed by atoms with van der Waals surface area (Å²) in [7, 11) is 0. The van der Waals surface area contributed by atoms with E-state index >= 15 is 0 Å². The summed E-state index contributed by atoms with van der Waals surface area (Å²) >= 11 is 0. The lowest BCUT2D eigenvalue weighted by molar-refractivity contribution is -0.133. The lowest BCUT2D eigenvalue weighted by atomic mass is 10.1. The molecular formula is C12H24N4O2. The van der Waals surface area contributed by atoms with Gasteiger partial charge in [-0.15, -0.1) is 0 Å². The van der Waals surface area contributed by atoms with Crippen molar-refractivity contribution in [1.82, 2.24) is 15.1 Å². The maximum Gasteiger partial charge on any atom is 0.317 e. The monoisotopic (exact) mass is 256 g/mol. The molecule has 6 nitrogen and oxygen atoms in total. The van der Waals surface area contributed by atoms with E-state index in [2.05, 4.69) is 5.32 Å². The van der Waals surface area contributed by atoms with Crippen LogP contribution in [0.4, 0.5) is 4.79 Å². The number of piperazine rings is 1. The van der Waals surface area contributed by atoms with Gasteiger partial charge in [0.2, 0.25) is 5.91 Å². The molecule has 0 aromatic rings. The lowest BCUT2D eigenvalue weighted by Gasteiger charge is -2.35. The van der Waals surface area contributed by atoms with Crippen LogP contribution in [-0.2, 0) is 4.79 Å². The van der Waals surface area contributed by atoms with Gasteiger partial charge in [0.25, 0.3) is 0 Å². The average Bonchev–Trinajstić information content (AvgIpc) is 2.39. The number of amides is 3. The molecule has 0 aliphatic carbocycles. The molecule has 104 valence electrons. The van der Waals surface area contributed by atoms with Crippen LogP contribution < -0.4 is 11.1 Å². The first-order chi connectivity index (χ1) is 8.58. The molecule has 1 aliphatic rings. The van der Waals surface area contributed by atoms with Gasteiger partial charge in [-0.2, -0.15) is 0 Å². The number of hydrogen-bond acceptors (Lipinski definition) is 3. The van der Waals surface area contributed by atoms with E-state index in [1.54, 1.807) is 9.80 Å². The molecule has 1 unspecified atom stereocenters. The van der Waals surface area contributed by atoms with Crippen molar-refractivity contribution < 1.29 is 9.59 Å². The molecule has 1 saturated heterocycles. The van der Waals surface area contributed by atoms with Crippen LogP contribution in [0.3, 0.4) is 0 Å². The van der Waals surface area contributed by atoms with Crippen molar-refractivity contribution in [3.8, 4) is 0 Å². The van der Waals surface area contributed by atoms with E-state index in [0.717, 1.165) is 6.42 Å². The molecule has 1 heterocycles. The summed E-state index contributed by atoms with van der Waals surface area (Å²) in [6, 6.07) is -0.103. The molecule has 1 fully saturated rings. The number of hydrogen-bond donors (Lipinski definition) is 2. The molecule has 3 N–H and O–H groups in total. The highest BCUT2D eigenvalue weighted by Crippen LogP contribution is 2.06. The van der Waals surface area contributed by atoms with Gasteiger partial charge in [0, 0.05) is 45.2 Å². The first kappa shape index (κ1) is 14.8. The smallest absolute Gasteiger partial charge is 0.317 e. The fourth-order valence-electron chi connectivity index (χ4n) is 1.92. The van der Waals surface area contributed by atoms with Crippen LogP contribution in [0.25, 0.3) is 0 Å². The van der Waals surface area contributed by atoms with E-state index in [9.17, 15) is 9.59 Å². The second-order valence-electron chi connectivity index (χ2n) is 4.58. The van der Waals surface area contributed by atoms with E-state index < -0.39 is 0 Å². The molecule has 0 bridgehead atoms. The molecule has 3 amide bonds. The second-order valence-corrected chi connectivity index (χ2v) is 4.58. The van der Waals surface area contributed by atoms with E-state index in [1.807, 2.05) is 13.8 Å². The van der Waals surface area contributed by atoms with Crippen LogP contribution in [0.5, 0.6) is 0 Å². The minimum absolute atomic E-state index is 0.0464. The Morgan fingerprint density at radius 2 is 1.72 bits per heavy atom. The molecule has 0 saturated carbocycles. The summed E-state index contributed by atoms with van der Waals surface area (Å²) < 4.78 is 0. The molecular weight excluding hydrogens is 232 g/mol. The number of carbonyl (C=O) groups excluding carboxylic acids is 2. The van der Waals surface area contributed by atoms with Crippen LogP contribution in [-0.4, -0.2) is 60.5 Å². The number of nitrogens with zero attached hydrogens (tertiary/aromatic N) is 2. The summed E-state index contributed by atoms with van der Waals surface area (Å²) in [5.74, 6) is 0.0971. The summed E-state index contributed by atoms with van der Waals surface area (Å²) in [6.07, 6.45) is 1.21. The zero-order chi connectivity index (χ0) is 13.5. The quantitative estimate of drug-likeness (QED) is 0.742. The third-order valence-corrected chi connectivity index (χ3v) is 3.21. The largest absolute Gasteiger partial charge is 0.339 e. The van der Waals surface area contributed by atoms with E-state index in [-0.39, 0.29) is 18.0 Å². The minimum Gasteiger partial charge on any atom is -0.339 e. The van der Waals surface area contributed by atoms with Gasteiger partial charge in [-0.25, -0.2) is 4.79 Å². The molecule has 1 rings (SSSR count). The number of nitrogens with one attached hydrogen (secondary N) is 1. The van der Waals surface area contributed by atoms with Crippen molar-refractivity contribution in [2.24, 2.45) is 5.73 Å². The van der Waals surface area contributed by atoms with Crippen LogP contribution in [0.2, 0.25) is 0 Å². The van der Waals surface area contributed by atoms with Crippen LogP contribution >= 0.6 is 0 Å². The van der Waals surface area contributed by atoms with Crippen LogP contribution in [0, 0.1) is 0 Å². The third-order valence-electron chi connectivity index (χ3n) is 3.21. The fraction of sp³-hybridized carbons (Fsp3) is 0.833. The Labute approximate surface area is 108 Å². The van der Waals surface area contributed by atoms with Gasteiger partial charge in [-0.1, -0.05) is 6.92 Å². The molecule has 0 spiro atoms. The summed E-state index contributed by atoms with van der Waals surface area (Å²) in [4.78, 5) is 27.0. The van der Waals surface area contributed by atoms with Crippen molar-refractivity contribution in [3.63, 3.8) is 0 Å². The van der Waals surface area contributed by atoms with Gasteiger partial charge in [0.15, 0.2) is 0 Å². The Bertz CT molecular complexity index is 288. The van der Waals surface area contributed by atoms with Crippen molar-refractivity contribution in [1.29, 1.82) is 0 Å². The maximum atomic E-state index is 11.9. The SMILES string of the molecule is CCNC(=O)N1CCN(C(=O)CC(N)CC)CC1. The van der Waals surface area contributed by atoms with Crippen molar-refractivity contribution in [3.05, 3.63) is 0 Å². The Hall–Kier alpha value is -1.30. The number of carbonyl (C=O) groups is 2. The van der Waals surface area contributed by atoms with Gasteiger partial charge in [0.05, 0.1) is 0 Å². The molecule has 0 radical (unpaired) electrons. The maximum absolute atomic E-state index is 11.9. The topological polar surface area (TPSA) is 78.7 Å².